The van der Waals surface area contributed by atoms with E-state index < -0.39 is 5.82 Å². The molecule has 116 valence electrons. The first-order valence-corrected chi connectivity index (χ1v) is 7.75. The summed E-state index contributed by atoms with van der Waals surface area (Å²) in [5.41, 5.74) is 1.09. The number of benzene rings is 1. The third-order valence-corrected chi connectivity index (χ3v) is 4.14. The van der Waals surface area contributed by atoms with Crippen LogP contribution >= 0.6 is 0 Å². The number of halogens is 1. The monoisotopic (exact) mass is 292 g/mol. The number of aryl methyl sites for hydroxylation is 1. The van der Waals surface area contributed by atoms with E-state index in [2.05, 4.69) is 11.8 Å². The lowest BCUT2D eigenvalue weighted by molar-refractivity contribution is 0.0768. The smallest absolute Gasteiger partial charge is 0.256 e. The van der Waals surface area contributed by atoms with Crippen molar-refractivity contribution in [2.75, 3.05) is 33.2 Å². The van der Waals surface area contributed by atoms with Gasteiger partial charge in [-0.25, -0.2) is 4.39 Å². The first-order valence-electron chi connectivity index (χ1n) is 7.75. The number of nitrogens with zero attached hydrogens (tertiary/aromatic N) is 2. The SMILES string of the molecule is CCCN1CCC(CN(C)C(=O)c2cc(C)ccc2F)C1. The third-order valence-electron chi connectivity index (χ3n) is 4.14. The Morgan fingerprint density at radius 3 is 2.95 bits per heavy atom. The molecule has 1 aromatic carbocycles. The zero-order valence-electron chi connectivity index (χ0n) is 13.2. The minimum absolute atomic E-state index is 0.181. The van der Waals surface area contributed by atoms with Crippen molar-refractivity contribution in [1.29, 1.82) is 0 Å². The molecule has 3 nitrogen and oxygen atoms in total. The summed E-state index contributed by atoms with van der Waals surface area (Å²) in [7, 11) is 1.77. The lowest BCUT2D eigenvalue weighted by Crippen LogP contribution is -2.33. The second-order valence-corrected chi connectivity index (χ2v) is 6.12. The summed E-state index contributed by atoms with van der Waals surface area (Å²) in [6.07, 6.45) is 2.28. The van der Waals surface area contributed by atoms with E-state index in [4.69, 9.17) is 0 Å². The molecule has 1 amide bonds. The van der Waals surface area contributed by atoms with Crippen molar-refractivity contribution in [2.45, 2.75) is 26.7 Å². The Balaban J connectivity index is 1.95. The van der Waals surface area contributed by atoms with E-state index in [0.29, 0.717) is 12.5 Å². The summed E-state index contributed by atoms with van der Waals surface area (Å²) in [4.78, 5) is 16.5. The highest BCUT2D eigenvalue weighted by Crippen LogP contribution is 2.19. The van der Waals surface area contributed by atoms with Crippen molar-refractivity contribution >= 4 is 5.91 Å². The minimum Gasteiger partial charge on any atom is -0.341 e. The molecule has 21 heavy (non-hydrogen) atoms. The number of rotatable bonds is 5. The van der Waals surface area contributed by atoms with E-state index >= 15 is 0 Å². The van der Waals surface area contributed by atoms with Crippen molar-refractivity contribution < 1.29 is 9.18 Å². The summed E-state index contributed by atoms with van der Waals surface area (Å²) >= 11 is 0. The fourth-order valence-corrected chi connectivity index (χ4v) is 3.06. The average molecular weight is 292 g/mol. The number of hydrogen-bond donors (Lipinski definition) is 0. The zero-order valence-corrected chi connectivity index (χ0v) is 13.2. The van der Waals surface area contributed by atoms with Crippen molar-refractivity contribution in [2.24, 2.45) is 5.92 Å². The molecule has 1 aliphatic rings. The predicted molar refractivity (Wildman–Crippen MR) is 82.9 cm³/mol. The molecule has 1 saturated heterocycles. The molecular weight excluding hydrogens is 267 g/mol. The van der Waals surface area contributed by atoms with Gasteiger partial charge in [0.2, 0.25) is 0 Å². The average Bonchev–Trinajstić information content (AvgIpc) is 2.88. The van der Waals surface area contributed by atoms with Gasteiger partial charge in [-0.2, -0.15) is 0 Å². The van der Waals surface area contributed by atoms with E-state index in [1.54, 1.807) is 24.1 Å². The Labute approximate surface area is 126 Å². The fraction of sp³-hybridized carbons (Fsp3) is 0.588. The van der Waals surface area contributed by atoms with Gasteiger partial charge in [-0.3, -0.25) is 4.79 Å². The van der Waals surface area contributed by atoms with Gasteiger partial charge in [0.15, 0.2) is 0 Å². The van der Waals surface area contributed by atoms with Gasteiger partial charge in [-0.1, -0.05) is 18.6 Å². The van der Waals surface area contributed by atoms with Crippen LogP contribution < -0.4 is 0 Å². The number of carbonyl (C=O) groups is 1. The molecule has 1 aromatic rings. The van der Waals surface area contributed by atoms with Crippen LogP contribution in [0.15, 0.2) is 18.2 Å². The highest BCUT2D eigenvalue weighted by Gasteiger charge is 2.25. The molecule has 4 heteroatoms. The van der Waals surface area contributed by atoms with E-state index in [0.717, 1.165) is 38.0 Å². The predicted octanol–water partition coefficient (Wildman–Crippen LogP) is 2.94. The van der Waals surface area contributed by atoms with Crippen LogP contribution in [0.1, 0.15) is 35.7 Å². The van der Waals surface area contributed by atoms with E-state index in [9.17, 15) is 9.18 Å². The number of carbonyl (C=O) groups excluding carboxylic acids is 1. The second-order valence-electron chi connectivity index (χ2n) is 6.12. The third kappa shape index (κ3) is 4.03. The normalized spacial score (nSPS) is 19.0. The van der Waals surface area contributed by atoms with Crippen molar-refractivity contribution in [3.8, 4) is 0 Å². The van der Waals surface area contributed by atoms with Crippen LogP contribution in [0.2, 0.25) is 0 Å². The Kier molecular flexibility index (Phi) is 5.34. The van der Waals surface area contributed by atoms with Crippen LogP contribution in [0.4, 0.5) is 4.39 Å². The minimum atomic E-state index is -0.434. The topological polar surface area (TPSA) is 23.6 Å². The molecule has 0 N–H and O–H groups in total. The molecule has 0 bridgehead atoms. The molecule has 0 aromatic heterocycles. The van der Waals surface area contributed by atoms with E-state index in [-0.39, 0.29) is 11.5 Å². The van der Waals surface area contributed by atoms with Crippen LogP contribution in [-0.2, 0) is 0 Å². The lowest BCUT2D eigenvalue weighted by atomic mass is 10.1. The molecule has 0 aliphatic carbocycles. The molecule has 1 heterocycles. The number of amides is 1. The second kappa shape index (κ2) is 7.03. The molecule has 1 unspecified atom stereocenters. The molecule has 1 fully saturated rings. The molecule has 0 spiro atoms. The highest BCUT2D eigenvalue weighted by atomic mass is 19.1. The largest absolute Gasteiger partial charge is 0.341 e. The summed E-state index contributed by atoms with van der Waals surface area (Å²) in [5, 5.41) is 0. The molecule has 0 saturated carbocycles. The molecule has 1 aliphatic heterocycles. The Hall–Kier alpha value is -1.42. The quantitative estimate of drug-likeness (QED) is 0.833. The van der Waals surface area contributed by atoms with Gasteiger partial charge in [0.1, 0.15) is 5.82 Å². The first kappa shape index (κ1) is 16.0. The van der Waals surface area contributed by atoms with Crippen LogP contribution in [0.3, 0.4) is 0 Å². The fourth-order valence-electron chi connectivity index (χ4n) is 3.06. The van der Waals surface area contributed by atoms with E-state index in [1.807, 2.05) is 6.92 Å². The van der Waals surface area contributed by atoms with Crippen molar-refractivity contribution in [3.05, 3.63) is 35.1 Å². The van der Waals surface area contributed by atoms with Gasteiger partial charge in [0.25, 0.3) is 5.91 Å². The maximum atomic E-state index is 13.8. The number of likely N-dealkylation sites (tertiary alicyclic amines) is 1. The standard InChI is InChI=1S/C17H25FN2O/c1-4-8-20-9-7-14(12-20)11-19(3)17(21)15-10-13(2)5-6-16(15)18/h5-6,10,14H,4,7-9,11-12H2,1-3H3. The van der Waals surface area contributed by atoms with Crippen LogP contribution in [0, 0.1) is 18.7 Å². The maximum absolute atomic E-state index is 13.8. The maximum Gasteiger partial charge on any atom is 0.256 e. The van der Waals surface area contributed by atoms with Crippen LogP contribution in [0.5, 0.6) is 0 Å². The van der Waals surface area contributed by atoms with Crippen LogP contribution in [-0.4, -0.2) is 48.9 Å². The van der Waals surface area contributed by atoms with Crippen molar-refractivity contribution in [3.63, 3.8) is 0 Å². The van der Waals surface area contributed by atoms with Crippen LogP contribution in [0.25, 0.3) is 0 Å². The Bertz CT molecular complexity index is 504. The first-order chi connectivity index (χ1) is 10.0. The molecule has 0 radical (unpaired) electrons. The summed E-state index contributed by atoms with van der Waals surface area (Å²) in [6.45, 7) is 8.04. The zero-order chi connectivity index (χ0) is 15.4. The van der Waals surface area contributed by atoms with Gasteiger partial charge in [-0.05, 0) is 50.9 Å². The summed E-state index contributed by atoms with van der Waals surface area (Å²) < 4.78 is 13.8. The Morgan fingerprint density at radius 1 is 1.48 bits per heavy atom. The van der Waals surface area contributed by atoms with Gasteiger partial charge in [0.05, 0.1) is 5.56 Å². The van der Waals surface area contributed by atoms with E-state index in [1.165, 1.54) is 6.07 Å². The lowest BCUT2D eigenvalue weighted by Gasteiger charge is -2.22. The number of hydrogen-bond acceptors (Lipinski definition) is 2. The Morgan fingerprint density at radius 2 is 2.24 bits per heavy atom. The van der Waals surface area contributed by atoms with Gasteiger partial charge in [0, 0.05) is 20.1 Å². The summed E-state index contributed by atoms with van der Waals surface area (Å²) in [6, 6.07) is 4.69. The van der Waals surface area contributed by atoms with Gasteiger partial charge >= 0.3 is 0 Å². The van der Waals surface area contributed by atoms with Crippen molar-refractivity contribution in [1.82, 2.24) is 9.80 Å². The molecular formula is C17H25FN2O. The molecule has 1 atom stereocenters. The van der Waals surface area contributed by atoms with Gasteiger partial charge in [-0.15, -0.1) is 0 Å². The molecule has 2 rings (SSSR count). The highest BCUT2D eigenvalue weighted by molar-refractivity contribution is 5.94. The van der Waals surface area contributed by atoms with Gasteiger partial charge < -0.3 is 9.80 Å². The summed E-state index contributed by atoms with van der Waals surface area (Å²) in [5.74, 6) is -0.153.